The van der Waals surface area contributed by atoms with E-state index in [9.17, 15) is 0 Å². The molecule has 2 aliphatic rings. The maximum absolute atomic E-state index is 2.67. The van der Waals surface area contributed by atoms with Crippen LogP contribution < -0.4 is 0 Å². The van der Waals surface area contributed by atoms with Gasteiger partial charge in [-0.15, -0.1) is 0 Å². The van der Waals surface area contributed by atoms with Gasteiger partial charge in [-0.1, -0.05) is 58.3 Å². The van der Waals surface area contributed by atoms with Gasteiger partial charge in [-0.2, -0.15) is 24.8 Å². The van der Waals surface area contributed by atoms with E-state index < -0.39 is 0 Å². The molecule has 2 rings (SSSR count). The van der Waals surface area contributed by atoms with E-state index in [1.807, 2.05) is 0 Å². The molecule has 0 aromatic carbocycles. The molecule has 2 fully saturated rings. The first-order valence-corrected chi connectivity index (χ1v) is 6.99. The van der Waals surface area contributed by atoms with Crippen LogP contribution in [0.2, 0.25) is 24.8 Å². The van der Waals surface area contributed by atoms with Gasteiger partial charge in [0.1, 0.15) is 0 Å². The summed E-state index contributed by atoms with van der Waals surface area (Å²) in [5.74, 6) is 2.29. The van der Waals surface area contributed by atoms with E-state index in [-0.39, 0.29) is 6.15 Å². The Balaban J connectivity index is 2.05. The van der Waals surface area contributed by atoms with Crippen LogP contribution in [0.15, 0.2) is 0 Å². The van der Waals surface area contributed by atoms with Crippen LogP contribution in [0.25, 0.3) is 0 Å². The summed E-state index contributed by atoms with van der Waals surface area (Å²) >= 11 is 0. The van der Waals surface area contributed by atoms with E-state index in [0.717, 1.165) is 11.6 Å². The fraction of sp³-hybridized carbons (Fsp3) is 1.00. The van der Waals surface area contributed by atoms with Crippen molar-refractivity contribution in [2.24, 2.45) is 0 Å². The first kappa shape index (κ1) is 10.6. The van der Waals surface area contributed by atoms with Gasteiger partial charge in [0.25, 0.3) is 0 Å². The summed E-state index contributed by atoms with van der Waals surface area (Å²) in [4.78, 5) is 0. The van der Waals surface area contributed by atoms with Crippen molar-refractivity contribution >= 4 is 6.15 Å². The molecule has 0 saturated carbocycles. The lowest BCUT2D eigenvalue weighted by molar-refractivity contribution is 0.428. The third kappa shape index (κ3) is 1.75. The predicted molar refractivity (Wildman–Crippen MR) is 66.5 cm³/mol. The van der Waals surface area contributed by atoms with Crippen LogP contribution in [0, 0.1) is 0 Å². The van der Waals surface area contributed by atoms with Crippen LogP contribution in [0.1, 0.15) is 58.3 Å². The van der Waals surface area contributed by atoms with Crippen molar-refractivity contribution in [3.63, 3.8) is 0 Å². The quantitative estimate of drug-likeness (QED) is 0.555. The Labute approximate surface area is 89.8 Å². The van der Waals surface area contributed by atoms with Crippen molar-refractivity contribution in [3.8, 4) is 0 Å². The summed E-state index contributed by atoms with van der Waals surface area (Å²) < 4.78 is 0. The molecule has 0 aromatic heterocycles. The lowest BCUT2D eigenvalue weighted by atomic mass is 9.09. The van der Waals surface area contributed by atoms with Gasteiger partial charge in [0, 0.05) is 6.15 Å². The van der Waals surface area contributed by atoms with Crippen molar-refractivity contribution in [1.29, 1.82) is 0 Å². The first-order valence-electron chi connectivity index (χ1n) is 6.99. The molecule has 0 aromatic rings. The predicted octanol–water partition coefficient (Wildman–Crippen LogP) is 4.97. The topological polar surface area (TPSA) is 0 Å². The van der Waals surface area contributed by atoms with Crippen LogP contribution in [0.3, 0.4) is 0 Å². The minimum absolute atomic E-state index is 0.0468. The Bertz CT molecular complexity index is 166. The van der Waals surface area contributed by atoms with Crippen LogP contribution in [0.5, 0.6) is 0 Å². The molecule has 0 radical (unpaired) electrons. The van der Waals surface area contributed by atoms with Gasteiger partial charge in [-0.3, -0.25) is 0 Å². The molecule has 14 heavy (non-hydrogen) atoms. The minimum Gasteiger partial charge on any atom is -0.189 e. The summed E-state index contributed by atoms with van der Waals surface area (Å²) in [7, 11) is 0. The number of rotatable bonds is 3. The van der Waals surface area contributed by atoms with E-state index in [4.69, 9.17) is 0 Å². The van der Waals surface area contributed by atoms with Crippen molar-refractivity contribution in [2.75, 3.05) is 0 Å². The fourth-order valence-electron chi connectivity index (χ4n) is 4.60. The highest BCUT2D eigenvalue weighted by Gasteiger charge is 2.39. The van der Waals surface area contributed by atoms with E-state index in [1.165, 1.54) is 12.8 Å². The summed E-state index contributed by atoms with van der Waals surface area (Å²) in [5.41, 5.74) is 0. The monoisotopic (exact) mass is 193 g/mol. The summed E-state index contributed by atoms with van der Waals surface area (Å²) in [6.45, 7) is 5.02. The normalized spacial score (nSPS) is 42.4. The van der Waals surface area contributed by atoms with Crippen molar-refractivity contribution in [2.45, 2.75) is 83.1 Å². The van der Waals surface area contributed by atoms with Gasteiger partial charge in [0.2, 0.25) is 0 Å². The Morgan fingerprint density at radius 2 is 1.50 bits per heavy atom. The molecule has 2 aliphatic heterocycles. The molecule has 0 aliphatic carbocycles. The Kier molecular flexibility index (Phi) is 3.24. The zero-order valence-electron chi connectivity index (χ0n) is 10.1. The molecule has 0 unspecified atom stereocenters. The van der Waals surface area contributed by atoms with Gasteiger partial charge in [-0.05, 0) is 0 Å². The second kappa shape index (κ2) is 4.29. The lowest BCUT2D eigenvalue weighted by Crippen LogP contribution is -2.46. The molecule has 2 heterocycles. The summed E-state index contributed by atoms with van der Waals surface area (Å²) in [5, 5.41) is 0. The highest BCUT2D eigenvalue weighted by atomic mass is 14.3. The van der Waals surface area contributed by atoms with Gasteiger partial charge in [0.15, 0.2) is 0 Å². The van der Waals surface area contributed by atoms with Gasteiger partial charge >= 0.3 is 0 Å². The SMILES string of the molecule is CCCC[B-]1(C)C2CCCC1CCC2. The Morgan fingerprint density at radius 1 is 1.00 bits per heavy atom. The van der Waals surface area contributed by atoms with Crippen LogP contribution in [-0.2, 0) is 0 Å². The molecule has 1 heteroatoms. The molecule has 82 valence electrons. The average Bonchev–Trinajstić information content (AvgIpc) is 2.14. The Morgan fingerprint density at radius 3 is 1.93 bits per heavy atom. The third-order valence-electron chi connectivity index (χ3n) is 5.63. The summed E-state index contributed by atoms with van der Waals surface area (Å²) in [6, 6.07) is 0. The van der Waals surface area contributed by atoms with Gasteiger partial charge < -0.3 is 0 Å². The first-order chi connectivity index (χ1) is 6.77. The average molecular weight is 193 g/mol. The number of hydrogen-bond acceptors (Lipinski definition) is 0. The molecule has 0 nitrogen and oxygen atoms in total. The van der Waals surface area contributed by atoms with Crippen LogP contribution in [-0.4, -0.2) is 6.15 Å². The third-order valence-corrected chi connectivity index (χ3v) is 5.63. The molecular weight excluding hydrogens is 167 g/mol. The molecule has 0 atom stereocenters. The lowest BCUT2D eigenvalue weighted by Gasteiger charge is -2.57. The number of fused-ring (bicyclic) bond motifs is 2. The molecule has 2 bridgehead atoms. The molecule has 0 amide bonds. The smallest absolute Gasteiger partial charge is 0.00387 e. The van der Waals surface area contributed by atoms with Crippen molar-refractivity contribution < 1.29 is 0 Å². The number of unbranched alkanes of at least 4 members (excludes halogenated alkanes) is 1. The summed E-state index contributed by atoms with van der Waals surface area (Å²) in [6.07, 6.45) is 13.9. The maximum atomic E-state index is 2.67. The van der Waals surface area contributed by atoms with Crippen molar-refractivity contribution in [3.05, 3.63) is 0 Å². The molecule has 2 saturated heterocycles. The van der Waals surface area contributed by atoms with Gasteiger partial charge in [-0.25, -0.2) is 0 Å². The fourth-order valence-corrected chi connectivity index (χ4v) is 4.60. The Hall–Kier alpha value is 0.0649. The maximum Gasteiger partial charge on any atom is 0.00387 e. The van der Waals surface area contributed by atoms with Crippen LogP contribution in [0.4, 0.5) is 0 Å². The second-order valence-corrected chi connectivity index (χ2v) is 6.26. The zero-order chi connectivity index (χ0) is 10.0. The van der Waals surface area contributed by atoms with Crippen molar-refractivity contribution in [1.82, 2.24) is 0 Å². The standard InChI is InChI=1S/C13H26B/c1-3-4-11-14(2)12-7-5-8-13(14)10-6-9-12/h12-13H,3-11H2,1-2H3/q-1. The highest BCUT2D eigenvalue weighted by Crippen LogP contribution is 2.54. The molecule has 0 N–H and O–H groups in total. The van der Waals surface area contributed by atoms with E-state index in [0.29, 0.717) is 0 Å². The van der Waals surface area contributed by atoms with E-state index in [2.05, 4.69) is 13.7 Å². The minimum atomic E-state index is 0.0468. The largest absolute Gasteiger partial charge is 0.189 e. The van der Waals surface area contributed by atoms with Crippen LogP contribution >= 0.6 is 0 Å². The molecular formula is C13H26B-. The molecule has 0 spiro atoms. The second-order valence-electron chi connectivity index (χ2n) is 6.26. The highest BCUT2D eigenvalue weighted by molar-refractivity contribution is 6.81. The van der Waals surface area contributed by atoms with E-state index >= 15 is 0 Å². The number of hydrogen-bond donors (Lipinski definition) is 0. The zero-order valence-corrected chi connectivity index (χ0v) is 10.1. The van der Waals surface area contributed by atoms with E-state index in [1.54, 1.807) is 44.8 Å². The van der Waals surface area contributed by atoms with Gasteiger partial charge in [0.05, 0.1) is 0 Å².